The van der Waals surface area contributed by atoms with Crippen LogP contribution in [0.5, 0.6) is 0 Å². The van der Waals surface area contributed by atoms with E-state index in [0.717, 1.165) is 5.56 Å². The van der Waals surface area contributed by atoms with Gasteiger partial charge >= 0.3 is 175 Å². The number of carbonyl (C=O) groups excluding carboxylic acids is 2. The Bertz CT molecular complexity index is 769. The van der Waals surface area contributed by atoms with Crippen molar-refractivity contribution in [3.63, 3.8) is 0 Å². The van der Waals surface area contributed by atoms with Gasteiger partial charge in [-0.15, -0.1) is 0 Å². The Morgan fingerprint density at radius 1 is 1.21 bits per heavy atom. The third kappa shape index (κ3) is 5.16. The number of nitrogens with one attached hydrogen (secondary N) is 1. The van der Waals surface area contributed by atoms with Crippen molar-refractivity contribution in [2.75, 3.05) is 16.4 Å². The molecule has 1 aromatic carbocycles. The number of para-hydroxylation sites is 1. The summed E-state index contributed by atoms with van der Waals surface area (Å²) in [5.74, 6) is -0.421. The molecule has 2 aliphatic rings. The van der Waals surface area contributed by atoms with Gasteiger partial charge in [-0.1, -0.05) is 0 Å². The number of hydrogen-bond donors (Lipinski definition) is 1. The van der Waals surface area contributed by atoms with Crippen molar-refractivity contribution in [3.8, 4) is 0 Å². The molecule has 28 heavy (non-hydrogen) atoms. The van der Waals surface area contributed by atoms with E-state index >= 15 is 0 Å². The Kier molecular flexibility index (Phi) is 7.53. The van der Waals surface area contributed by atoms with Gasteiger partial charge in [-0.25, -0.2) is 0 Å². The molecule has 3 rings (SSSR count). The minimum atomic E-state index is -1.75. The summed E-state index contributed by atoms with van der Waals surface area (Å²) in [5.41, 5.74) is 1.86. The monoisotopic (exact) mass is 496 g/mol. The Hall–Kier alpha value is -1.83. The third-order valence-corrected chi connectivity index (χ3v) is 10.3. The van der Waals surface area contributed by atoms with Crippen LogP contribution in [0.2, 0.25) is 0 Å². The molecule has 5 nitrogen and oxygen atoms in total. The quantitative estimate of drug-likeness (QED) is 0.254. The molecule has 6 heteroatoms. The first-order valence-corrected chi connectivity index (χ1v) is 13.7. The number of rotatable bonds is 6. The molecule has 1 aromatic rings. The van der Waals surface area contributed by atoms with E-state index in [1.807, 2.05) is 19.1 Å². The van der Waals surface area contributed by atoms with Crippen LogP contribution in [0.3, 0.4) is 0 Å². The fraction of sp³-hybridized carbons (Fsp3) is 0.455. The summed E-state index contributed by atoms with van der Waals surface area (Å²) >= 11 is -1.75. The van der Waals surface area contributed by atoms with Crippen LogP contribution in [-0.2, 0) is 9.53 Å². The Balaban J connectivity index is 1.70. The maximum atomic E-state index is 12.9. The van der Waals surface area contributed by atoms with Crippen molar-refractivity contribution in [1.29, 1.82) is 0 Å². The Morgan fingerprint density at radius 2 is 2.00 bits per heavy atom. The molecule has 0 spiro atoms. The van der Waals surface area contributed by atoms with Crippen LogP contribution in [0.4, 0.5) is 5.69 Å². The summed E-state index contributed by atoms with van der Waals surface area (Å²) in [6.07, 6.45) is 12.7. The third-order valence-electron chi connectivity index (χ3n) is 5.02. The van der Waals surface area contributed by atoms with Crippen molar-refractivity contribution < 1.29 is 14.3 Å². The number of ether oxygens (including phenoxy) is 1. The molecule has 1 amide bonds. The van der Waals surface area contributed by atoms with E-state index in [1.165, 1.54) is 32.1 Å². The van der Waals surface area contributed by atoms with E-state index in [9.17, 15) is 9.59 Å². The van der Waals surface area contributed by atoms with Crippen LogP contribution in [0.25, 0.3) is 0 Å². The van der Waals surface area contributed by atoms with E-state index in [2.05, 4.69) is 30.9 Å². The molecule has 0 aromatic heterocycles. The number of amides is 1. The predicted octanol–water partition coefficient (Wildman–Crippen LogP) is 5.21. The van der Waals surface area contributed by atoms with Gasteiger partial charge in [-0.3, -0.25) is 0 Å². The number of nitrogens with zero attached hydrogens (tertiary/aromatic N) is 1. The maximum absolute atomic E-state index is 12.9. The molecule has 1 aliphatic carbocycles. The number of carbonyl (C=O) groups is 2. The van der Waals surface area contributed by atoms with Crippen molar-refractivity contribution in [2.45, 2.75) is 52.0 Å². The first-order chi connectivity index (χ1) is 13.6. The van der Waals surface area contributed by atoms with E-state index < -0.39 is 26.1 Å². The van der Waals surface area contributed by atoms with E-state index in [-0.39, 0.29) is 5.91 Å². The minimum absolute atomic E-state index is 0.0224. The number of allylic oxidation sites excluding steroid dienone is 2. The number of anilines is 1. The second-order valence-electron chi connectivity index (χ2n) is 7.07. The van der Waals surface area contributed by atoms with Crippen LogP contribution in [0, 0.1) is 6.92 Å². The second-order valence-corrected chi connectivity index (χ2v) is 11.8. The van der Waals surface area contributed by atoms with Gasteiger partial charge in [-0.05, 0) is 0 Å². The average Bonchev–Trinajstić information content (AvgIpc) is 2.71. The van der Waals surface area contributed by atoms with E-state index in [4.69, 9.17) is 4.74 Å². The molecular weight excluding hydrogens is 467 g/mol. The number of hydrogen-bond acceptors (Lipinski definition) is 4. The SMILES string of the molecule is CCOC(=O)c1cccc(C)c1NC(=O)CI1C=CC=CN1C1CCCCC1. The molecule has 1 aliphatic heterocycles. The number of halogens is 1. The van der Waals surface area contributed by atoms with Crippen molar-refractivity contribution in [1.82, 2.24) is 3.11 Å². The van der Waals surface area contributed by atoms with Gasteiger partial charge in [0.1, 0.15) is 0 Å². The van der Waals surface area contributed by atoms with Gasteiger partial charge in [0, 0.05) is 0 Å². The zero-order valence-corrected chi connectivity index (χ0v) is 18.8. The Morgan fingerprint density at radius 3 is 2.75 bits per heavy atom. The molecule has 1 saturated carbocycles. The van der Waals surface area contributed by atoms with Crippen LogP contribution in [0.1, 0.15) is 54.9 Å². The molecule has 152 valence electrons. The van der Waals surface area contributed by atoms with Crippen LogP contribution < -0.4 is 5.32 Å². The van der Waals surface area contributed by atoms with Crippen molar-refractivity contribution >= 4 is 37.7 Å². The van der Waals surface area contributed by atoms with Gasteiger partial charge in [0.05, 0.1) is 0 Å². The van der Waals surface area contributed by atoms with Crippen molar-refractivity contribution in [2.24, 2.45) is 0 Å². The van der Waals surface area contributed by atoms with E-state index in [0.29, 0.717) is 28.3 Å². The number of alkyl halides is 1. The molecule has 1 fully saturated rings. The van der Waals surface area contributed by atoms with Crippen LogP contribution >= 0.6 is 20.1 Å². The molecule has 0 saturated heterocycles. The van der Waals surface area contributed by atoms with Gasteiger partial charge in [0.15, 0.2) is 0 Å². The molecule has 0 radical (unpaired) electrons. The van der Waals surface area contributed by atoms with E-state index in [1.54, 1.807) is 13.0 Å². The van der Waals surface area contributed by atoms with Crippen LogP contribution in [0.15, 0.2) is 40.6 Å². The molecule has 1 N–H and O–H groups in total. The van der Waals surface area contributed by atoms with Gasteiger partial charge in [-0.2, -0.15) is 0 Å². The Labute approximate surface area is 174 Å². The first kappa shape index (κ1) is 20.9. The molecular formula is C22H29IN2O3. The summed E-state index contributed by atoms with van der Waals surface area (Å²) < 4.78 is 10.4. The summed E-state index contributed by atoms with van der Waals surface area (Å²) in [5, 5.41) is 3.00. The zero-order chi connectivity index (χ0) is 19.9. The molecule has 0 unspecified atom stereocenters. The van der Waals surface area contributed by atoms with Gasteiger partial charge in [0.2, 0.25) is 0 Å². The fourth-order valence-electron chi connectivity index (χ4n) is 3.65. The average molecular weight is 496 g/mol. The van der Waals surface area contributed by atoms with Crippen LogP contribution in [-0.4, -0.2) is 32.1 Å². The van der Waals surface area contributed by atoms with Crippen molar-refractivity contribution in [3.05, 3.63) is 51.8 Å². The summed E-state index contributed by atoms with van der Waals surface area (Å²) in [6, 6.07) is 5.99. The second kappa shape index (κ2) is 10.1. The summed E-state index contributed by atoms with van der Waals surface area (Å²) in [4.78, 5) is 25.1. The first-order valence-electron chi connectivity index (χ1n) is 9.94. The topological polar surface area (TPSA) is 58.6 Å². The normalized spacial score (nSPS) is 18.2. The van der Waals surface area contributed by atoms with Gasteiger partial charge in [0.25, 0.3) is 0 Å². The zero-order valence-electron chi connectivity index (χ0n) is 16.6. The predicted molar refractivity (Wildman–Crippen MR) is 122 cm³/mol. The number of aryl methyl sites for hydroxylation is 1. The summed E-state index contributed by atoms with van der Waals surface area (Å²) in [6.45, 7) is 3.99. The molecule has 1 heterocycles. The standard InChI is InChI=1S/C22H29IN2O3/c1-3-28-22(27)19-13-9-10-17(2)21(19)24-20(26)16-23-14-7-8-15-25(23)18-11-5-4-6-12-18/h7-10,13-15,18H,3-6,11-12,16H2,1-2H3,(H,24,26). The number of esters is 1. The molecule has 0 atom stereocenters. The molecule has 0 bridgehead atoms. The summed E-state index contributed by atoms with van der Waals surface area (Å²) in [7, 11) is 0. The van der Waals surface area contributed by atoms with Gasteiger partial charge < -0.3 is 0 Å². The number of benzene rings is 1. The fourth-order valence-corrected chi connectivity index (χ4v) is 8.45.